The molecule has 0 bridgehead atoms. The van der Waals surface area contributed by atoms with Crippen LogP contribution in [0.5, 0.6) is 0 Å². The van der Waals surface area contributed by atoms with E-state index in [2.05, 4.69) is 4.98 Å². The van der Waals surface area contributed by atoms with Crippen LogP contribution in [0.15, 0.2) is 41.6 Å². The van der Waals surface area contributed by atoms with Gasteiger partial charge >= 0.3 is 0 Å². The van der Waals surface area contributed by atoms with Crippen LogP contribution in [0.25, 0.3) is 0 Å². The summed E-state index contributed by atoms with van der Waals surface area (Å²) in [7, 11) is -3.69. The summed E-state index contributed by atoms with van der Waals surface area (Å²) in [6.45, 7) is 0.751. The Bertz CT molecular complexity index is 1050. The van der Waals surface area contributed by atoms with E-state index in [1.54, 1.807) is 12.4 Å². The number of benzene rings is 1. The van der Waals surface area contributed by atoms with Gasteiger partial charge in [-0.2, -0.15) is 9.57 Å². The summed E-state index contributed by atoms with van der Waals surface area (Å²) in [6.07, 6.45) is 3.37. The Morgan fingerprint density at radius 1 is 1.29 bits per heavy atom. The monoisotopic (exact) mass is 401 g/mol. The minimum atomic E-state index is -3.69. The van der Waals surface area contributed by atoms with E-state index >= 15 is 0 Å². The highest BCUT2D eigenvalue weighted by molar-refractivity contribution is 7.89. The lowest BCUT2D eigenvalue weighted by atomic mass is 9.89. The van der Waals surface area contributed by atoms with Crippen molar-refractivity contribution in [3.63, 3.8) is 0 Å². The smallest absolute Gasteiger partial charge is 0.248 e. The molecule has 1 atom stereocenters. The van der Waals surface area contributed by atoms with Crippen molar-refractivity contribution in [1.29, 1.82) is 5.26 Å². The number of aromatic nitrogens is 2. The standard InChI is InChI=1S/C18H19N5O4S/c19-11-13-1-3-14(4-2-13)28(25,26)23-8-5-18(6-9-23)17-21-7-10-22(17)12-15(27-18)16(20)24/h1-4,7,10,15H,5-6,8-9,12H2,(H2,20,24)/t15-/m0/s1. The first-order valence-electron chi connectivity index (χ1n) is 8.85. The van der Waals surface area contributed by atoms with Crippen LogP contribution in [0.3, 0.4) is 0 Å². The van der Waals surface area contributed by atoms with Gasteiger partial charge < -0.3 is 15.0 Å². The molecule has 1 aromatic heterocycles. The number of nitriles is 1. The van der Waals surface area contributed by atoms with Crippen molar-refractivity contribution >= 4 is 15.9 Å². The Morgan fingerprint density at radius 3 is 2.57 bits per heavy atom. The molecule has 1 spiro atoms. The number of piperidine rings is 1. The molecule has 2 aromatic rings. The molecule has 2 aliphatic rings. The zero-order chi connectivity index (χ0) is 19.9. The van der Waals surface area contributed by atoms with Crippen LogP contribution in [-0.4, -0.2) is 47.4 Å². The first-order chi connectivity index (χ1) is 13.4. The molecule has 2 N–H and O–H groups in total. The van der Waals surface area contributed by atoms with Gasteiger partial charge in [0, 0.05) is 25.5 Å². The highest BCUT2D eigenvalue weighted by Gasteiger charge is 2.48. The van der Waals surface area contributed by atoms with E-state index in [0.29, 0.717) is 30.8 Å². The van der Waals surface area contributed by atoms with E-state index in [-0.39, 0.29) is 18.0 Å². The summed E-state index contributed by atoms with van der Waals surface area (Å²) in [4.78, 5) is 16.2. The number of rotatable bonds is 3. The number of amides is 1. The van der Waals surface area contributed by atoms with Gasteiger partial charge in [-0.1, -0.05) is 0 Å². The second-order valence-corrected chi connectivity index (χ2v) is 8.88. The van der Waals surface area contributed by atoms with Crippen LogP contribution in [0, 0.1) is 11.3 Å². The normalized spacial score (nSPS) is 21.8. The minimum absolute atomic E-state index is 0.142. The first kappa shape index (κ1) is 18.6. The number of fused-ring (bicyclic) bond motifs is 2. The molecule has 3 heterocycles. The Morgan fingerprint density at radius 2 is 1.96 bits per heavy atom. The number of hydrogen-bond acceptors (Lipinski definition) is 6. The van der Waals surface area contributed by atoms with Crippen molar-refractivity contribution < 1.29 is 17.9 Å². The van der Waals surface area contributed by atoms with Crippen molar-refractivity contribution in [3.8, 4) is 6.07 Å². The lowest BCUT2D eigenvalue weighted by molar-refractivity contribution is -0.168. The molecule has 2 aliphatic heterocycles. The van der Waals surface area contributed by atoms with Crippen LogP contribution < -0.4 is 5.73 Å². The van der Waals surface area contributed by atoms with Crippen molar-refractivity contribution in [2.75, 3.05) is 13.1 Å². The highest BCUT2D eigenvalue weighted by Crippen LogP contribution is 2.41. The zero-order valence-corrected chi connectivity index (χ0v) is 15.8. The SMILES string of the molecule is N#Cc1ccc(S(=O)(=O)N2CCC3(CC2)O[C@H](C(N)=O)Cn2ccnc23)cc1. The molecule has 10 heteroatoms. The number of hydrogen-bond donors (Lipinski definition) is 1. The van der Waals surface area contributed by atoms with Crippen LogP contribution in [-0.2, 0) is 31.7 Å². The average molecular weight is 401 g/mol. The predicted octanol–water partition coefficient (Wildman–Crippen LogP) is 0.319. The van der Waals surface area contributed by atoms with E-state index in [1.807, 2.05) is 10.6 Å². The van der Waals surface area contributed by atoms with Gasteiger partial charge in [0.05, 0.1) is 23.1 Å². The quantitative estimate of drug-likeness (QED) is 0.788. The van der Waals surface area contributed by atoms with Crippen molar-refractivity contribution in [1.82, 2.24) is 13.9 Å². The lowest BCUT2D eigenvalue weighted by Gasteiger charge is -2.44. The van der Waals surface area contributed by atoms with Crippen molar-refractivity contribution in [2.24, 2.45) is 5.73 Å². The second kappa shape index (κ2) is 6.70. The molecule has 1 fully saturated rings. The summed E-state index contributed by atoms with van der Waals surface area (Å²) in [5, 5.41) is 8.88. The molecule has 1 aromatic carbocycles. The maximum atomic E-state index is 12.9. The van der Waals surface area contributed by atoms with Gasteiger partial charge in [0.15, 0.2) is 6.10 Å². The van der Waals surface area contributed by atoms with Gasteiger partial charge in [0.25, 0.3) is 0 Å². The number of ether oxygens (including phenoxy) is 1. The molecule has 1 saturated heterocycles. The van der Waals surface area contributed by atoms with E-state index in [1.165, 1.54) is 28.6 Å². The van der Waals surface area contributed by atoms with Gasteiger partial charge in [-0.15, -0.1) is 0 Å². The summed E-state index contributed by atoms with van der Waals surface area (Å²) < 4.78 is 35.2. The summed E-state index contributed by atoms with van der Waals surface area (Å²) in [5.74, 6) is 0.145. The molecule has 28 heavy (non-hydrogen) atoms. The summed E-state index contributed by atoms with van der Waals surface area (Å²) in [5.41, 5.74) is 5.02. The largest absolute Gasteiger partial charge is 0.367 e. The molecule has 146 valence electrons. The molecule has 4 rings (SSSR count). The third-order valence-corrected chi connectivity index (χ3v) is 7.23. The number of sulfonamides is 1. The van der Waals surface area contributed by atoms with Gasteiger partial charge in [-0.3, -0.25) is 4.79 Å². The fourth-order valence-corrected chi connectivity index (χ4v) is 5.27. The number of nitrogens with zero attached hydrogens (tertiary/aromatic N) is 4. The number of carbonyl (C=O) groups excluding carboxylic acids is 1. The topological polar surface area (TPSA) is 131 Å². The molecule has 0 unspecified atom stereocenters. The van der Waals surface area contributed by atoms with Crippen LogP contribution in [0.2, 0.25) is 0 Å². The van der Waals surface area contributed by atoms with Gasteiger partial charge in [0.2, 0.25) is 15.9 Å². The lowest BCUT2D eigenvalue weighted by Crippen LogP contribution is -2.54. The number of nitrogens with two attached hydrogens (primary N) is 1. The molecule has 0 radical (unpaired) electrons. The van der Waals surface area contributed by atoms with Crippen LogP contribution in [0.4, 0.5) is 0 Å². The average Bonchev–Trinajstić information content (AvgIpc) is 3.18. The van der Waals surface area contributed by atoms with E-state index < -0.39 is 27.6 Å². The third kappa shape index (κ3) is 2.97. The van der Waals surface area contributed by atoms with Crippen LogP contribution in [0.1, 0.15) is 24.2 Å². The Balaban J connectivity index is 1.57. The third-order valence-electron chi connectivity index (χ3n) is 5.32. The second-order valence-electron chi connectivity index (χ2n) is 6.95. The predicted molar refractivity (Wildman–Crippen MR) is 97.1 cm³/mol. The Hall–Kier alpha value is -2.74. The highest BCUT2D eigenvalue weighted by atomic mass is 32.2. The van der Waals surface area contributed by atoms with Crippen LogP contribution >= 0.6 is 0 Å². The van der Waals surface area contributed by atoms with E-state index in [4.69, 9.17) is 15.7 Å². The van der Waals surface area contributed by atoms with Crippen molar-refractivity contribution in [2.45, 2.75) is 36.0 Å². The number of carbonyl (C=O) groups is 1. The summed E-state index contributed by atoms with van der Waals surface area (Å²) in [6, 6.07) is 7.81. The fraction of sp³-hybridized carbons (Fsp3) is 0.389. The minimum Gasteiger partial charge on any atom is -0.367 e. The van der Waals surface area contributed by atoms with Crippen molar-refractivity contribution in [3.05, 3.63) is 48.0 Å². The first-order valence-corrected chi connectivity index (χ1v) is 10.3. The van der Waals surface area contributed by atoms with Gasteiger partial charge in [0.1, 0.15) is 11.4 Å². The van der Waals surface area contributed by atoms with Gasteiger partial charge in [-0.25, -0.2) is 13.4 Å². The Labute approximate surface area is 162 Å². The summed E-state index contributed by atoms with van der Waals surface area (Å²) >= 11 is 0. The van der Waals surface area contributed by atoms with Gasteiger partial charge in [-0.05, 0) is 37.1 Å². The maximum Gasteiger partial charge on any atom is 0.248 e. The van der Waals surface area contributed by atoms with E-state index in [0.717, 1.165) is 0 Å². The molecule has 9 nitrogen and oxygen atoms in total. The molecule has 0 saturated carbocycles. The Kier molecular flexibility index (Phi) is 4.45. The molecular weight excluding hydrogens is 382 g/mol. The zero-order valence-electron chi connectivity index (χ0n) is 15.0. The molecular formula is C18H19N5O4S. The number of imidazole rings is 1. The fourth-order valence-electron chi connectivity index (χ4n) is 3.82. The maximum absolute atomic E-state index is 12.9. The number of primary amides is 1. The van der Waals surface area contributed by atoms with E-state index in [9.17, 15) is 13.2 Å². The molecule has 1 amide bonds. The molecule has 0 aliphatic carbocycles.